The van der Waals surface area contributed by atoms with E-state index < -0.39 is 96.6 Å². The zero-order valence-corrected chi connectivity index (χ0v) is 87.1. The number of hydrogen-bond acceptors (Lipinski definition) is 21. The number of carbonyl (C=O) groups excluding carboxylic acids is 3. The van der Waals surface area contributed by atoms with Crippen molar-refractivity contribution < 1.29 is 42.9 Å². The summed E-state index contributed by atoms with van der Waals surface area (Å²) >= 11 is 75.9. The maximum atomic E-state index is 15.1. The highest BCUT2D eigenvalue weighted by Crippen LogP contribution is 2.54. The van der Waals surface area contributed by atoms with Gasteiger partial charge in [-0.1, -0.05) is 200 Å². The number of hydrogen-bond donors (Lipinski definition) is 3. The summed E-state index contributed by atoms with van der Waals surface area (Å²) in [5, 5.41) is 60.2. The van der Waals surface area contributed by atoms with Crippen molar-refractivity contribution in [1.29, 1.82) is 15.8 Å². The average molecular weight is 2160 g/mol. The van der Waals surface area contributed by atoms with Crippen molar-refractivity contribution in [2.75, 3.05) is 54.0 Å². The molecule has 141 heavy (non-hydrogen) atoms. The molecule has 3 aromatic carbocycles. The standard InChI is InChI=1S/3C33H29Cl4FN6O3/c3*1-7-21(45)43-16(5)12-42(13-17(43)6)30-18-10-20(34)28(22-23(35)26(38)24(36)25(37)31(22)46)41-32(18)44(33(47)19(30)11-39)29-15(4)8-9-40-27(29)14(2)3/h3*7-10,14,16-17,46H,1,12-13H2,2-6H3/t3*16-,17+. The number of rotatable bonds is 15. The van der Waals surface area contributed by atoms with Gasteiger partial charge in [-0.15, -0.1) is 0 Å². The molecular weight excluding hydrogens is 2070 g/mol. The summed E-state index contributed by atoms with van der Waals surface area (Å²) in [6.07, 6.45) is 8.62. The Morgan fingerprint density at radius 2 is 0.596 bits per heavy atom. The first-order chi connectivity index (χ1) is 66.5. The monoisotopic (exact) mass is 2150 g/mol. The Bertz CT molecular complexity index is 6860. The van der Waals surface area contributed by atoms with Gasteiger partial charge in [0.1, 0.15) is 99.2 Å². The molecule has 27 nitrogen and oxygen atoms in total. The molecule has 9 aromatic heterocycles. The van der Waals surface area contributed by atoms with Gasteiger partial charge in [-0.2, -0.15) is 15.8 Å². The van der Waals surface area contributed by atoms with E-state index in [1.807, 2.05) is 97.8 Å². The van der Waals surface area contributed by atoms with Crippen LogP contribution in [0.25, 0.3) is 83.9 Å². The molecule has 42 heteroatoms. The highest BCUT2D eigenvalue weighted by atomic mass is 35.5. The predicted octanol–water partition coefficient (Wildman–Crippen LogP) is 23.5. The van der Waals surface area contributed by atoms with Crippen LogP contribution in [0.15, 0.2) is 107 Å². The van der Waals surface area contributed by atoms with Crippen molar-refractivity contribution in [1.82, 2.24) is 58.3 Å². The number of phenols is 3. The number of nitriles is 3. The fraction of sp³-hybridized carbons (Fsp3) is 0.303. The Morgan fingerprint density at radius 3 is 0.787 bits per heavy atom. The molecule has 12 heterocycles. The highest BCUT2D eigenvalue weighted by molar-refractivity contribution is 6.48. The van der Waals surface area contributed by atoms with Crippen molar-refractivity contribution in [2.45, 2.75) is 158 Å². The van der Waals surface area contributed by atoms with E-state index in [2.05, 4.69) is 52.9 Å². The fourth-order valence-electron chi connectivity index (χ4n) is 18.7. The quantitative estimate of drug-likeness (QED) is 0.0487. The van der Waals surface area contributed by atoms with E-state index in [4.69, 9.17) is 154 Å². The highest BCUT2D eigenvalue weighted by Gasteiger charge is 2.42. The maximum absolute atomic E-state index is 15.1. The smallest absolute Gasteiger partial charge is 0.276 e. The zero-order chi connectivity index (χ0) is 104. The van der Waals surface area contributed by atoms with Crippen LogP contribution in [-0.4, -0.2) is 167 Å². The minimum atomic E-state index is -1.10. The summed E-state index contributed by atoms with van der Waals surface area (Å²) in [7, 11) is 0. The van der Waals surface area contributed by atoms with Gasteiger partial charge in [0, 0.05) is 110 Å². The Morgan fingerprint density at radius 1 is 0.383 bits per heavy atom. The summed E-state index contributed by atoms with van der Waals surface area (Å²) in [4.78, 5) is 120. The molecule has 15 rings (SSSR count). The number of halogens is 15. The summed E-state index contributed by atoms with van der Waals surface area (Å²) < 4.78 is 49.1. The average Bonchev–Trinajstić information content (AvgIpc) is 0.725. The lowest BCUT2D eigenvalue weighted by atomic mass is 10.0. The lowest BCUT2D eigenvalue weighted by molar-refractivity contribution is -0.131. The SMILES string of the molecule is C=CC(=O)N1[C@H](C)CN(c2c(C#N)c(=O)n(-c3c(C)ccnc3C(C)C)c3nc(-c4c(O)c(Cl)c(Cl)c(F)c4Cl)c(Cl)cc23)C[C@@H]1C.C=CC(=O)N1[C@H](C)CN(c2c(C#N)c(=O)n(-c3c(C)ccnc3C(C)C)c3nc(-c4c(O)c(Cl)c(Cl)c(F)c4Cl)c(Cl)cc23)C[C@@H]1C.C=CC(=O)N1[C@H](C)CN(c2c(C#N)c(=O)n(-c3c(C)ccnc3C(C)C)c3nc(-c4c(O)c(Cl)c(Cl)c(F)c4Cl)c(Cl)cc23)C[C@@H]1C. The van der Waals surface area contributed by atoms with Crippen LogP contribution in [0.2, 0.25) is 60.3 Å². The number of benzene rings is 3. The van der Waals surface area contributed by atoms with Crippen LogP contribution in [0.5, 0.6) is 17.2 Å². The number of aryl methyl sites for hydroxylation is 3. The van der Waals surface area contributed by atoms with Crippen LogP contribution in [0, 0.1) is 72.2 Å². The molecule has 0 unspecified atom stereocenters. The molecular formula is C99H87Cl12F3N18O9. The fourth-order valence-corrected chi connectivity index (χ4v) is 21.5. The third-order valence-electron chi connectivity index (χ3n) is 24.8. The molecule has 0 radical (unpaired) electrons. The second-order valence-electron chi connectivity index (χ2n) is 35.1. The van der Waals surface area contributed by atoms with Gasteiger partial charge >= 0.3 is 0 Å². The van der Waals surface area contributed by atoms with Crippen LogP contribution in [0.1, 0.15) is 151 Å². The number of carbonyl (C=O) groups is 3. The lowest BCUT2D eigenvalue weighted by Crippen LogP contribution is -2.58. The number of fused-ring (bicyclic) bond motifs is 3. The molecule has 3 aliphatic heterocycles. The Labute approximate surface area is 867 Å². The van der Waals surface area contributed by atoms with Gasteiger partial charge in [-0.05, 0) is 151 Å². The van der Waals surface area contributed by atoms with E-state index in [-0.39, 0.29) is 211 Å². The number of piperazine rings is 3. The van der Waals surface area contributed by atoms with E-state index in [9.17, 15) is 59.9 Å². The molecule has 0 spiro atoms. The topological polar surface area (TPSA) is 346 Å². The molecule has 3 fully saturated rings. The van der Waals surface area contributed by atoms with Gasteiger partial charge in [-0.25, -0.2) is 28.1 Å². The second-order valence-corrected chi connectivity index (χ2v) is 39.8. The largest absolute Gasteiger partial charge is 0.506 e. The van der Waals surface area contributed by atoms with Crippen molar-refractivity contribution in [3.8, 4) is 86.3 Å². The number of aromatic nitrogens is 9. The molecule has 0 aliphatic carbocycles. The number of amides is 3. The van der Waals surface area contributed by atoms with Crippen molar-refractivity contribution in [2.24, 2.45) is 0 Å². The molecule has 6 atom stereocenters. The van der Waals surface area contributed by atoms with Crippen LogP contribution in [-0.2, 0) is 14.4 Å². The Hall–Kier alpha value is -11.6. The van der Waals surface area contributed by atoms with Crippen LogP contribution < -0.4 is 31.4 Å². The van der Waals surface area contributed by atoms with Crippen molar-refractivity contribution in [3.63, 3.8) is 0 Å². The van der Waals surface area contributed by atoms with E-state index in [0.29, 0.717) is 67.0 Å². The minimum absolute atomic E-state index is 0.0354. The maximum Gasteiger partial charge on any atom is 0.276 e. The minimum Gasteiger partial charge on any atom is -0.506 e. The molecule has 3 amide bonds. The summed E-state index contributed by atoms with van der Waals surface area (Å²) in [5.41, 5.74) is 1.66. The molecule has 732 valence electrons. The zero-order valence-electron chi connectivity index (χ0n) is 78.0. The van der Waals surface area contributed by atoms with Gasteiger partial charge < -0.3 is 44.7 Å². The van der Waals surface area contributed by atoms with Gasteiger partial charge in [-0.3, -0.25) is 57.4 Å². The van der Waals surface area contributed by atoms with Gasteiger partial charge in [0.05, 0.1) is 115 Å². The van der Waals surface area contributed by atoms with Gasteiger partial charge in [0.2, 0.25) is 17.7 Å². The third kappa shape index (κ3) is 18.8. The molecule has 0 bridgehead atoms. The van der Waals surface area contributed by atoms with Crippen LogP contribution >= 0.6 is 139 Å². The second kappa shape index (κ2) is 42.1. The van der Waals surface area contributed by atoms with Gasteiger partial charge in [0.25, 0.3) is 16.7 Å². The summed E-state index contributed by atoms with van der Waals surface area (Å²) in [5.74, 6) is -6.43. The van der Waals surface area contributed by atoms with Crippen molar-refractivity contribution in [3.05, 3.63) is 252 Å². The van der Waals surface area contributed by atoms with E-state index in [1.165, 1.54) is 50.1 Å². The summed E-state index contributed by atoms with van der Waals surface area (Å²) in [6.45, 7) is 40.5. The molecule has 12 aromatic rings. The van der Waals surface area contributed by atoms with Crippen LogP contribution in [0.3, 0.4) is 0 Å². The van der Waals surface area contributed by atoms with E-state index in [0.717, 1.165) is 0 Å². The number of phenolic OH excluding ortho intramolecular Hbond substituents is 3. The first kappa shape index (κ1) is 107. The number of pyridine rings is 9. The third-order valence-corrected chi connectivity index (χ3v) is 29.2. The van der Waals surface area contributed by atoms with Crippen molar-refractivity contribution >= 4 is 207 Å². The first-order valence-electron chi connectivity index (χ1n) is 43.7. The van der Waals surface area contributed by atoms with Gasteiger partial charge in [0.15, 0.2) is 17.5 Å². The van der Waals surface area contributed by atoms with E-state index >= 15 is 13.2 Å². The Kier molecular flexibility index (Phi) is 31.9. The normalized spacial score (nSPS) is 16.6. The van der Waals surface area contributed by atoms with E-state index in [1.54, 1.807) is 72.3 Å². The Balaban J connectivity index is 0.000000178. The first-order valence-corrected chi connectivity index (χ1v) is 48.2. The summed E-state index contributed by atoms with van der Waals surface area (Å²) in [6, 6.07) is 14.0. The number of nitrogens with zero attached hydrogens (tertiary/aromatic N) is 18. The predicted molar refractivity (Wildman–Crippen MR) is 552 cm³/mol. The molecule has 3 aliphatic rings. The molecule has 3 N–H and O–H groups in total. The van der Waals surface area contributed by atoms with Crippen LogP contribution in [0.4, 0.5) is 30.2 Å². The molecule has 3 saturated heterocycles. The number of anilines is 3. The lowest BCUT2D eigenvalue weighted by Gasteiger charge is -2.45. The number of aromatic hydroxyl groups is 3. The molecule has 0 saturated carbocycles.